The van der Waals surface area contributed by atoms with E-state index >= 15 is 0 Å². The molecular weight excluding hydrogens is 941 g/mol. The van der Waals surface area contributed by atoms with Crippen LogP contribution in [-0.2, 0) is 37.9 Å². The molecule has 2 saturated carbocycles. The Morgan fingerprint density at radius 2 is 0.690 bits per heavy atom. The van der Waals surface area contributed by atoms with Crippen LogP contribution in [0, 0.1) is 17.3 Å². The van der Waals surface area contributed by atoms with Gasteiger partial charge in [-0.25, -0.2) is 0 Å². The SMILES string of the molecule is OC[C@H]1O[C@H](O[C@H]2[C@H](O)[C@@H](O)[C@H](OCC(CCCCCC3CCCCC3)(CCCCCC3CCCCC3)CO[C@@H]3O[C@H](CO)[C@@H](O[C@H]4O[C@H](CO)[C@@H](O)[C@H](O)[C@H]4O)[C@H](O)[C@H]3O)O[C@@H]2CO)[C@H](O)[C@@H](O)[C@@H]1O. The molecule has 6 aliphatic rings. The van der Waals surface area contributed by atoms with Gasteiger partial charge in [0.1, 0.15) is 97.7 Å². The van der Waals surface area contributed by atoms with E-state index in [1.807, 2.05) is 0 Å². The third kappa shape index (κ3) is 15.6. The summed E-state index contributed by atoms with van der Waals surface area (Å²) in [6, 6.07) is 0. The predicted molar refractivity (Wildman–Crippen MR) is 246 cm³/mol. The molecule has 14 N–H and O–H groups in total. The number of ether oxygens (including phenoxy) is 8. The number of aliphatic hydroxyl groups excluding tert-OH is 14. The summed E-state index contributed by atoms with van der Waals surface area (Å²) in [5, 5.41) is 149. The monoisotopic (exact) mass is 1030 g/mol. The third-order valence-corrected chi connectivity index (χ3v) is 16.1. The molecule has 22 heteroatoms. The van der Waals surface area contributed by atoms with Gasteiger partial charge < -0.3 is 109 Å². The molecule has 71 heavy (non-hydrogen) atoms. The number of unbranched alkanes of at least 4 members (excludes halogenated alkanes) is 4. The summed E-state index contributed by atoms with van der Waals surface area (Å²) in [6.07, 6.45) is -11.7. The Morgan fingerprint density at radius 1 is 0.352 bits per heavy atom. The molecule has 4 saturated heterocycles. The summed E-state index contributed by atoms with van der Waals surface area (Å²) >= 11 is 0. The van der Waals surface area contributed by atoms with Crippen LogP contribution in [0.4, 0.5) is 0 Å². The van der Waals surface area contributed by atoms with E-state index in [0.29, 0.717) is 24.7 Å². The summed E-state index contributed by atoms with van der Waals surface area (Å²) < 4.78 is 47.3. The van der Waals surface area contributed by atoms with Crippen molar-refractivity contribution < 1.29 is 109 Å². The highest BCUT2D eigenvalue weighted by Crippen LogP contribution is 2.39. The molecule has 0 bridgehead atoms. The molecule has 0 aromatic carbocycles. The van der Waals surface area contributed by atoms with E-state index in [-0.39, 0.29) is 13.2 Å². The van der Waals surface area contributed by atoms with Crippen molar-refractivity contribution in [3.63, 3.8) is 0 Å². The zero-order valence-electron chi connectivity index (χ0n) is 41.1. The standard InChI is InChI=1S/C49H88O22/c50-21-29-33(54)35(56)39(60)47(66-29)70-43-31(23-52)68-45(41(62)37(43)58)64-25-49(19-11-3-9-17-27-13-5-1-6-14-27,20-12-4-10-18-28-15-7-2-8-16-28)26-65-46-42(63)38(59)44(32(24-53)69-46)71-48-40(61)36(57)34(55)30(22-51)67-48/h27-48,50-63H,1-26H2/t29-,30-,31-,32-,33-,34-,35+,36+,37-,38-,39-,40-,41-,42-,43-,44-,45-,46-,47-,48-/m1/s1. The van der Waals surface area contributed by atoms with E-state index in [1.54, 1.807) is 0 Å². The van der Waals surface area contributed by atoms with Crippen LogP contribution < -0.4 is 0 Å². The quantitative estimate of drug-likeness (QED) is 0.0430. The van der Waals surface area contributed by atoms with Crippen molar-refractivity contribution in [2.45, 2.75) is 251 Å². The summed E-state index contributed by atoms with van der Waals surface area (Å²) in [4.78, 5) is 0. The summed E-state index contributed by atoms with van der Waals surface area (Å²) in [7, 11) is 0. The number of hydrogen-bond acceptors (Lipinski definition) is 22. The third-order valence-electron chi connectivity index (χ3n) is 16.1. The molecule has 0 aromatic heterocycles. The second-order valence-electron chi connectivity index (χ2n) is 21.3. The maximum Gasteiger partial charge on any atom is 0.187 e. The van der Waals surface area contributed by atoms with Crippen LogP contribution in [0.1, 0.15) is 128 Å². The zero-order chi connectivity index (χ0) is 51.2. The molecule has 416 valence electrons. The van der Waals surface area contributed by atoms with Gasteiger partial charge in [-0.05, 0) is 24.7 Å². The molecule has 6 rings (SSSR count). The highest BCUT2D eigenvalue weighted by atomic mass is 16.8. The molecule has 0 radical (unpaired) electrons. The fraction of sp³-hybridized carbons (Fsp3) is 1.00. The van der Waals surface area contributed by atoms with Gasteiger partial charge in [-0.1, -0.05) is 116 Å². The van der Waals surface area contributed by atoms with Gasteiger partial charge >= 0.3 is 0 Å². The minimum atomic E-state index is -1.84. The smallest absolute Gasteiger partial charge is 0.187 e. The lowest BCUT2D eigenvalue weighted by Gasteiger charge is -2.47. The van der Waals surface area contributed by atoms with Gasteiger partial charge in [0.15, 0.2) is 25.2 Å². The molecule has 22 nitrogen and oxygen atoms in total. The summed E-state index contributed by atoms with van der Waals surface area (Å²) in [6.45, 7) is -3.24. The van der Waals surface area contributed by atoms with E-state index in [1.165, 1.54) is 64.2 Å². The molecular formula is C49H88O22. The van der Waals surface area contributed by atoms with E-state index in [0.717, 1.165) is 51.4 Å². The van der Waals surface area contributed by atoms with Crippen LogP contribution in [0.3, 0.4) is 0 Å². The molecule has 4 heterocycles. The molecule has 4 aliphatic heterocycles. The predicted octanol–water partition coefficient (Wildman–Crippen LogP) is -1.68. The fourth-order valence-electron chi connectivity index (χ4n) is 11.5. The lowest BCUT2D eigenvalue weighted by Crippen LogP contribution is -2.65. The Labute approximate surface area is 416 Å². The van der Waals surface area contributed by atoms with Crippen molar-refractivity contribution in [3.05, 3.63) is 0 Å². The zero-order valence-corrected chi connectivity index (χ0v) is 41.1. The number of aliphatic hydroxyl groups is 14. The lowest BCUT2D eigenvalue weighted by atomic mass is 9.78. The normalized spacial score (nSPS) is 41.3. The van der Waals surface area contributed by atoms with E-state index in [9.17, 15) is 71.5 Å². The minimum absolute atomic E-state index is 0.124. The molecule has 0 spiro atoms. The van der Waals surface area contributed by atoms with Crippen molar-refractivity contribution in [1.29, 1.82) is 0 Å². The molecule has 0 aromatic rings. The number of hydrogen-bond donors (Lipinski definition) is 14. The average Bonchev–Trinajstić information content (AvgIpc) is 3.38. The molecule has 2 aliphatic carbocycles. The Hall–Kier alpha value is -0.880. The Morgan fingerprint density at radius 3 is 1.04 bits per heavy atom. The van der Waals surface area contributed by atoms with Crippen molar-refractivity contribution in [3.8, 4) is 0 Å². The summed E-state index contributed by atoms with van der Waals surface area (Å²) in [5.74, 6) is 1.39. The van der Waals surface area contributed by atoms with Crippen molar-refractivity contribution >= 4 is 0 Å². The topological polar surface area (TPSA) is 357 Å². The first-order chi connectivity index (χ1) is 34.1. The second-order valence-corrected chi connectivity index (χ2v) is 21.3. The van der Waals surface area contributed by atoms with Gasteiger partial charge in [0.05, 0.1) is 39.6 Å². The Balaban J connectivity index is 1.18. The Kier molecular flexibility index (Phi) is 24.3. The van der Waals surface area contributed by atoms with Crippen LogP contribution in [0.25, 0.3) is 0 Å². The first kappa shape index (κ1) is 59.4. The van der Waals surface area contributed by atoms with Gasteiger partial charge in [0.2, 0.25) is 0 Å². The van der Waals surface area contributed by atoms with Crippen LogP contribution in [0.2, 0.25) is 0 Å². The largest absolute Gasteiger partial charge is 0.394 e. The van der Waals surface area contributed by atoms with Gasteiger partial charge in [-0.2, -0.15) is 0 Å². The Bertz CT molecular complexity index is 1360. The summed E-state index contributed by atoms with van der Waals surface area (Å²) in [5.41, 5.74) is -0.867. The van der Waals surface area contributed by atoms with E-state index in [2.05, 4.69) is 0 Å². The van der Waals surface area contributed by atoms with Gasteiger partial charge in [0, 0.05) is 5.41 Å². The van der Waals surface area contributed by atoms with Crippen molar-refractivity contribution in [1.82, 2.24) is 0 Å². The first-order valence-corrected chi connectivity index (χ1v) is 26.6. The highest BCUT2D eigenvalue weighted by molar-refractivity contribution is 4.97. The first-order valence-electron chi connectivity index (χ1n) is 26.6. The highest BCUT2D eigenvalue weighted by Gasteiger charge is 2.53. The molecule has 20 atom stereocenters. The fourth-order valence-corrected chi connectivity index (χ4v) is 11.5. The van der Waals surface area contributed by atoms with Gasteiger partial charge in [-0.15, -0.1) is 0 Å². The van der Waals surface area contributed by atoms with Crippen LogP contribution in [0.15, 0.2) is 0 Å². The maximum absolute atomic E-state index is 11.5. The molecule has 0 amide bonds. The molecule has 0 unspecified atom stereocenters. The second kappa shape index (κ2) is 29.0. The minimum Gasteiger partial charge on any atom is -0.394 e. The van der Waals surface area contributed by atoms with Crippen LogP contribution in [-0.4, -0.2) is 234 Å². The molecule has 6 fully saturated rings. The maximum atomic E-state index is 11.5. The van der Waals surface area contributed by atoms with Crippen LogP contribution in [0.5, 0.6) is 0 Å². The lowest BCUT2D eigenvalue weighted by molar-refractivity contribution is -0.365. The van der Waals surface area contributed by atoms with E-state index < -0.39 is 155 Å². The average molecular weight is 1030 g/mol. The van der Waals surface area contributed by atoms with Gasteiger partial charge in [-0.3, -0.25) is 0 Å². The van der Waals surface area contributed by atoms with Crippen molar-refractivity contribution in [2.24, 2.45) is 17.3 Å². The van der Waals surface area contributed by atoms with Crippen molar-refractivity contribution in [2.75, 3.05) is 39.6 Å². The van der Waals surface area contributed by atoms with E-state index in [4.69, 9.17) is 37.9 Å². The van der Waals surface area contributed by atoms with Crippen LogP contribution >= 0.6 is 0 Å². The van der Waals surface area contributed by atoms with Gasteiger partial charge in [0.25, 0.3) is 0 Å². The number of rotatable bonds is 26.